The smallest absolute Gasteiger partial charge is 0.123 e. The van der Waals surface area contributed by atoms with Gasteiger partial charge in [0, 0.05) is 12.6 Å². The van der Waals surface area contributed by atoms with Gasteiger partial charge in [-0.25, -0.2) is 4.39 Å². The molecule has 2 aliphatic rings. The summed E-state index contributed by atoms with van der Waals surface area (Å²) in [6.07, 6.45) is 8.42. The Morgan fingerprint density at radius 2 is 1.78 bits per heavy atom. The first-order chi connectivity index (χ1) is 8.81. The van der Waals surface area contributed by atoms with E-state index in [-0.39, 0.29) is 5.82 Å². The van der Waals surface area contributed by atoms with E-state index in [4.69, 9.17) is 0 Å². The lowest BCUT2D eigenvalue weighted by atomic mass is 9.82. The molecule has 2 unspecified atom stereocenters. The summed E-state index contributed by atoms with van der Waals surface area (Å²) < 4.78 is 12.8. The van der Waals surface area contributed by atoms with E-state index in [2.05, 4.69) is 5.32 Å². The molecule has 3 rings (SSSR count). The molecule has 2 saturated carbocycles. The molecule has 98 valence electrons. The zero-order valence-corrected chi connectivity index (χ0v) is 10.9. The molecule has 0 aliphatic heterocycles. The number of nitrogens with one attached hydrogen (secondary N) is 1. The van der Waals surface area contributed by atoms with Crippen molar-refractivity contribution in [1.82, 2.24) is 5.32 Å². The maximum absolute atomic E-state index is 12.8. The lowest BCUT2D eigenvalue weighted by Gasteiger charge is -2.30. The first-order valence-corrected chi connectivity index (χ1v) is 7.29. The largest absolute Gasteiger partial charge is 0.310 e. The van der Waals surface area contributed by atoms with Gasteiger partial charge < -0.3 is 5.32 Å². The van der Waals surface area contributed by atoms with Crippen molar-refractivity contribution in [2.45, 2.75) is 51.1 Å². The van der Waals surface area contributed by atoms with Crippen LogP contribution in [0.2, 0.25) is 0 Å². The summed E-state index contributed by atoms with van der Waals surface area (Å²) >= 11 is 0. The van der Waals surface area contributed by atoms with Gasteiger partial charge in [0.1, 0.15) is 5.82 Å². The molecule has 2 fully saturated rings. The van der Waals surface area contributed by atoms with Crippen LogP contribution in [0.15, 0.2) is 24.3 Å². The van der Waals surface area contributed by atoms with E-state index in [9.17, 15) is 4.39 Å². The Balaban J connectivity index is 1.48. The molecule has 2 aliphatic carbocycles. The molecule has 18 heavy (non-hydrogen) atoms. The highest BCUT2D eigenvalue weighted by Crippen LogP contribution is 2.43. The van der Waals surface area contributed by atoms with E-state index in [1.807, 2.05) is 12.1 Å². The average Bonchev–Trinajstić information content (AvgIpc) is 3.23. The predicted octanol–water partition coefficient (Wildman–Crippen LogP) is 3.88. The van der Waals surface area contributed by atoms with Crippen molar-refractivity contribution in [1.29, 1.82) is 0 Å². The lowest BCUT2D eigenvalue weighted by molar-refractivity contribution is 0.260. The molecule has 1 nitrogen and oxygen atoms in total. The van der Waals surface area contributed by atoms with Crippen LogP contribution in [0.4, 0.5) is 4.39 Å². The molecule has 0 aromatic heterocycles. The zero-order chi connectivity index (χ0) is 12.4. The first kappa shape index (κ1) is 12.2. The maximum Gasteiger partial charge on any atom is 0.123 e. The van der Waals surface area contributed by atoms with Crippen molar-refractivity contribution in [3.63, 3.8) is 0 Å². The minimum absolute atomic E-state index is 0.148. The van der Waals surface area contributed by atoms with Gasteiger partial charge in [0.15, 0.2) is 0 Å². The Labute approximate surface area is 109 Å². The molecule has 1 aromatic carbocycles. The third-order valence-corrected chi connectivity index (χ3v) is 4.51. The van der Waals surface area contributed by atoms with Crippen LogP contribution in [0.1, 0.15) is 44.1 Å². The van der Waals surface area contributed by atoms with Crippen LogP contribution < -0.4 is 5.32 Å². The third kappa shape index (κ3) is 3.11. The minimum atomic E-state index is -0.148. The van der Waals surface area contributed by atoms with Crippen molar-refractivity contribution in [3.05, 3.63) is 35.6 Å². The number of halogens is 1. The number of benzene rings is 1. The van der Waals surface area contributed by atoms with E-state index in [1.165, 1.54) is 44.1 Å². The van der Waals surface area contributed by atoms with Crippen LogP contribution >= 0.6 is 0 Å². The Hall–Kier alpha value is -0.890. The fourth-order valence-corrected chi connectivity index (χ4v) is 3.27. The zero-order valence-electron chi connectivity index (χ0n) is 10.9. The average molecular weight is 247 g/mol. The molecule has 0 spiro atoms. The number of rotatable bonds is 4. The van der Waals surface area contributed by atoms with Gasteiger partial charge in [0.25, 0.3) is 0 Å². The highest BCUT2D eigenvalue weighted by molar-refractivity contribution is 5.15. The van der Waals surface area contributed by atoms with E-state index in [1.54, 1.807) is 12.1 Å². The monoisotopic (exact) mass is 247 g/mol. The quantitative estimate of drug-likeness (QED) is 0.851. The van der Waals surface area contributed by atoms with Crippen LogP contribution in [0.3, 0.4) is 0 Å². The second kappa shape index (κ2) is 5.40. The van der Waals surface area contributed by atoms with Crippen LogP contribution in [-0.4, -0.2) is 6.04 Å². The van der Waals surface area contributed by atoms with Gasteiger partial charge >= 0.3 is 0 Å². The van der Waals surface area contributed by atoms with Gasteiger partial charge in [-0.3, -0.25) is 0 Å². The summed E-state index contributed by atoms with van der Waals surface area (Å²) in [5.41, 5.74) is 1.19. The summed E-state index contributed by atoms with van der Waals surface area (Å²) in [5, 5.41) is 3.65. The number of hydrogen-bond acceptors (Lipinski definition) is 1. The van der Waals surface area contributed by atoms with Crippen molar-refractivity contribution < 1.29 is 4.39 Å². The van der Waals surface area contributed by atoms with Crippen LogP contribution in [0, 0.1) is 17.7 Å². The number of hydrogen-bond donors (Lipinski definition) is 1. The Bertz CT molecular complexity index is 383. The van der Waals surface area contributed by atoms with Crippen LogP contribution in [-0.2, 0) is 6.54 Å². The Kier molecular flexibility index (Phi) is 3.64. The van der Waals surface area contributed by atoms with Gasteiger partial charge in [0.2, 0.25) is 0 Å². The van der Waals surface area contributed by atoms with Gasteiger partial charge in [-0.15, -0.1) is 0 Å². The summed E-state index contributed by atoms with van der Waals surface area (Å²) in [5.74, 6) is 1.87. The minimum Gasteiger partial charge on any atom is -0.310 e. The molecule has 1 N–H and O–H groups in total. The Morgan fingerprint density at radius 1 is 1.00 bits per heavy atom. The van der Waals surface area contributed by atoms with E-state index >= 15 is 0 Å². The van der Waals surface area contributed by atoms with E-state index in [0.29, 0.717) is 6.04 Å². The topological polar surface area (TPSA) is 12.0 Å². The van der Waals surface area contributed by atoms with Gasteiger partial charge in [0.05, 0.1) is 0 Å². The fraction of sp³-hybridized carbons (Fsp3) is 0.625. The SMILES string of the molecule is Fc1ccc(CNC2CCCC(C3CC3)C2)cc1. The van der Waals surface area contributed by atoms with Crippen molar-refractivity contribution >= 4 is 0 Å². The second-order valence-corrected chi connectivity index (χ2v) is 5.97. The van der Waals surface area contributed by atoms with E-state index in [0.717, 1.165) is 18.4 Å². The molecular weight excluding hydrogens is 225 g/mol. The van der Waals surface area contributed by atoms with Crippen LogP contribution in [0.25, 0.3) is 0 Å². The molecule has 0 saturated heterocycles. The van der Waals surface area contributed by atoms with Crippen molar-refractivity contribution in [2.75, 3.05) is 0 Å². The van der Waals surface area contributed by atoms with Crippen molar-refractivity contribution in [3.8, 4) is 0 Å². The highest BCUT2D eigenvalue weighted by Gasteiger charge is 2.34. The molecular formula is C16H22FN. The van der Waals surface area contributed by atoms with Crippen LogP contribution in [0.5, 0.6) is 0 Å². The van der Waals surface area contributed by atoms with Gasteiger partial charge in [-0.2, -0.15) is 0 Å². The van der Waals surface area contributed by atoms with Gasteiger partial charge in [-0.05, 0) is 55.2 Å². The highest BCUT2D eigenvalue weighted by atomic mass is 19.1. The van der Waals surface area contributed by atoms with Crippen molar-refractivity contribution in [2.24, 2.45) is 11.8 Å². The Morgan fingerprint density at radius 3 is 2.50 bits per heavy atom. The second-order valence-electron chi connectivity index (χ2n) is 5.97. The standard InChI is InChI=1S/C16H22FN/c17-15-8-4-12(5-9-15)11-18-16-3-1-2-14(10-16)13-6-7-13/h4-5,8-9,13-14,16,18H,1-3,6-7,10-11H2. The first-order valence-electron chi connectivity index (χ1n) is 7.29. The van der Waals surface area contributed by atoms with E-state index < -0.39 is 0 Å². The fourth-order valence-electron chi connectivity index (χ4n) is 3.27. The third-order valence-electron chi connectivity index (χ3n) is 4.51. The molecule has 2 atom stereocenters. The molecule has 1 aromatic rings. The molecule has 0 heterocycles. The molecule has 2 heteroatoms. The van der Waals surface area contributed by atoms with Gasteiger partial charge in [-0.1, -0.05) is 25.0 Å². The normalized spacial score (nSPS) is 28.3. The summed E-state index contributed by atoms with van der Waals surface area (Å²) in [6.45, 7) is 0.877. The molecule has 0 bridgehead atoms. The molecule has 0 amide bonds. The predicted molar refractivity (Wildman–Crippen MR) is 71.7 cm³/mol. The summed E-state index contributed by atoms with van der Waals surface area (Å²) in [6, 6.07) is 7.53. The summed E-state index contributed by atoms with van der Waals surface area (Å²) in [4.78, 5) is 0. The maximum atomic E-state index is 12.8. The molecule has 0 radical (unpaired) electrons. The lowest BCUT2D eigenvalue weighted by Crippen LogP contribution is -2.34. The summed E-state index contributed by atoms with van der Waals surface area (Å²) in [7, 11) is 0.